The Labute approximate surface area is 162 Å². The zero-order valence-corrected chi connectivity index (χ0v) is 15.8. The van der Waals surface area contributed by atoms with Crippen LogP contribution in [0.2, 0.25) is 0 Å². The van der Waals surface area contributed by atoms with Crippen LogP contribution in [-0.4, -0.2) is 30.2 Å². The van der Waals surface area contributed by atoms with Crippen molar-refractivity contribution in [3.8, 4) is 5.69 Å². The van der Waals surface area contributed by atoms with Gasteiger partial charge in [-0.1, -0.05) is 18.2 Å². The Morgan fingerprint density at radius 3 is 2.39 bits per heavy atom. The van der Waals surface area contributed by atoms with Crippen molar-refractivity contribution in [2.24, 2.45) is 0 Å². The molecule has 0 unspecified atom stereocenters. The van der Waals surface area contributed by atoms with E-state index in [1.807, 2.05) is 30.3 Å². The number of esters is 1. The minimum atomic E-state index is -0.942. The third-order valence-corrected chi connectivity index (χ3v) is 5.14. The molecule has 1 fully saturated rings. The number of rotatable bonds is 4. The zero-order chi connectivity index (χ0) is 19.7. The van der Waals surface area contributed by atoms with E-state index in [0.29, 0.717) is 28.0 Å². The fourth-order valence-electron chi connectivity index (χ4n) is 3.94. The fraction of sp³-hybridized carbons (Fsp3) is 0.318. The Kier molecular flexibility index (Phi) is 5.03. The molecule has 1 aromatic heterocycles. The number of aromatic nitrogens is 1. The smallest absolute Gasteiger partial charge is 0.357 e. The van der Waals surface area contributed by atoms with Gasteiger partial charge in [-0.3, -0.25) is 0 Å². The lowest BCUT2D eigenvalue weighted by atomic mass is 10.1. The molecule has 1 aliphatic heterocycles. The number of carbonyl (C=O) groups is 1. The second-order valence-corrected chi connectivity index (χ2v) is 6.92. The number of ether oxygens (including phenoxy) is 1. The molecule has 2 heterocycles. The molecule has 0 bridgehead atoms. The molecular formula is C22H22F2N2O2. The Bertz CT molecular complexity index is 1010. The fourth-order valence-corrected chi connectivity index (χ4v) is 3.94. The maximum atomic E-state index is 14.2. The van der Waals surface area contributed by atoms with Crippen molar-refractivity contribution in [3.05, 3.63) is 59.8 Å². The molecule has 0 aliphatic carbocycles. The highest BCUT2D eigenvalue weighted by Gasteiger charge is 2.30. The Morgan fingerprint density at radius 1 is 1.04 bits per heavy atom. The van der Waals surface area contributed by atoms with Crippen LogP contribution in [0.4, 0.5) is 14.5 Å². The number of para-hydroxylation sites is 1. The molecule has 1 saturated heterocycles. The van der Waals surface area contributed by atoms with E-state index in [-0.39, 0.29) is 6.61 Å². The second-order valence-electron chi connectivity index (χ2n) is 6.92. The lowest BCUT2D eigenvalue weighted by Crippen LogP contribution is -2.31. The van der Waals surface area contributed by atoms with Gasteiger partial charge in [0.15, 0.2) is 17.3 Å². The largest absolute Gasteiger partial charge is 0.461 e. The normalized spacial score (nSPS) is 14.5. The van der Waals surface area contributed by atoms with Crippen LogP contribution in [0.5, 0.6) is 0 Å². The van der Waals surface area contributed by atoms with E-state index >= 15 is 0 Å². The number of fused-ring (bicyclic) bond motifs is 1. The summed E-state index contributed by atoms with van der Waals surface area (Å²) in [5.74, 6) is -2.36. The number of piperidine rings is 1. The number of anilines is 1. The van der Waals surface area contributed by atoms with Gasteiger partial charge >= 0.3 is 5.97 Å². The number of halogens is 2. The highest BCUT2D eigenvalue weighted by atomic mass is 19.2. The second kappa shape index (κ2) is 7.62. The molecule has 0 amide bonds. The van der Waals surface area contributed by atoms with E-state index in [9.17, 15) is 13.6 Å². The summed E-state index contributed by atoms with van der Waals surface area (Å²) in [5.41, 5.74) is 2.09. The predicted octanol–water partition coefficient (Wildman–Crippen LogP) is 5.08. The Hall–Kier alpha value is -2.89. The molecule has 4 rings (SSSR count). The van der Waals surface area contributed by atoms with Gasteiger partial charge in [-0.05, 0) is 44.4 Å². The summed E-state index contributed by atoms with van der Waals surface area (Å²) in [5, 5.41) is 0.521. The monoisotopic (exact) mass is 384 g/mol. The third-order valence-electron chi connectivity index (χ3n) is 5.14. The summed E-state index contributed by atoms with van der Waals surface area (Å²) < 4.78 is 35.3. The lowest BCUT2D eigenvalue weighted by molar-refractivity contribution is 0.0518. The molecule has 0 atom stereocenters. The Morgan fingerprint density at radius 2 is 1.71 bits per heavy atom. The first-order valence-corrected chi connectivity index (χ1v) is 9.62. The molecule has 146 valence electrons. The topological polar surface area (TPSA) is 34.5 Å². The maximum Gasteiger partial charge on any atom is 0.357 e. The van der Waals surface area contributed by atoms with Crippen molar-refractivity contribution in [3.63, 3.8) is 0 Å². The number of hydrogen-bond acceptors (Lipinski definition) is 3. The van der Waals surface area contributed by atoms with Gasteiger partial charge in [-0.15, -0.1) is 0 Å². The van der Waals surface area contributed by atoms with Crippen LogP contribution in [0.1, 0.15) is 36.7 Å². The molecule has 0 saturated carbocycles. The van der Waals surface area contributed by atoms with Gasteiger partial charge in [0.25, 0.3) is 0 Å². The van der Waals surface area contributed by atoms with Crippen LogP contribution in [0.15, 0.2) is 42.5 Å². The first-order chi connectivity index (χ1) is 13.6. The van der Waals surface area contributed by atoms with Gasteiger partial charge in [0.05, 0.1) is 17.8 Å². The van der Waals surface area contributed by atoms with Crippen molar-refractivity contribution in [1.82, 2.24) is 4.57 Å². The van der Waals surface area contributed by atoms with Crippen molar-refractivity contribution >= 4 is 22.6 Å². The van der Waals surface area contributed by atoms with Gasteiger partial charge in [0.2, 0.25) is 0 Å². The van der Waals surface area contributed by atoms with E-state index in [2.05, 4.69) is 4.90 Å². The van der Waals surface area contributed by atoms with Crippen molar-refractivity contribution < 1.29 is 18.3 Å². The summed E-state index contributed by atoms with van der Waals surface area (Å²) in [6, 6.07) is 11.6. The average Bonchev–Trinajstić information content (AvgIpc) is 3.04. The molecule has 4 nitrogen and oxygen atoms in total. The number of benzene rings is 2. The number of carbonyl (C=O) groups excluding carboxylic acids is 1. The summed E-state index contributed by atoms with van der Waals surface area (Å²) in [4.78, 5) is 15.1. The summed E-state index contributed by atoms with van der Waals surface area (Å²) in [6.45, 7) is 3.49. The van der Waals surface area contributed by atoms with Crippen LogP contribution in [0.25, 0.3) is 16.6 Å². The quantitative estimate of drug-likeness (QED) is 0.589. The average molecular weight is 384 g/mol. The van der Waals surface area contributed by atoms with Crippen molar-refractivity contribution in [2.75, 3.05) is 24.6 Å². The van der Waals surface area contributed by atoms with Crippen LogP contribution < -0.4 is 4.90 Å². The van der Waals surface area contributed by atoms with Crippen LogP contribution in [0.3, 0.4) is 0 Å². The molecule has 0 radical (unpaired) electrons. The van der Waals surface area contributed by atoms with Gasteiger partial charge < -0.3 is 14.2 Å². The first kappa shape index (κ1) is 18.5. The van der Waals surface area contributed by atoms with Gasteiger partial charge in [-0.2, -0.15) is 0 Å². The van der Waals surface area contributed by atoms with Gasteiger partial charge in [-0.25, -0.2) is 13.6 Å². The highest BCUT2D eigenvalue weighted by molar-refractivity contribution is 6.08. The van der Waals surface area contributed by atoms with E-state index in [0.717, 1.165) is 38.4 Å². The number of nitrogens with zero attached hydrogens (tertiary/aromatic N) is 2. The summed E-state index contributed by atoms with van der Waals surface area (Å²) in [7, 11) is 0. The van der Waals surface area contributed by atoms with E-state index in [1.54, 1.807) is 11.5 Å². The van der Waals surface area contributed by atoms with Crippen LogP contribution in [0, 0.1) is 11.6 Å². The number of hydrogen-bond donors (Lipinski definition) is 0. The molecule has 28 heavy (non-hydrogen) atoms. The zero-order valence-electron chi connectivity index (χ0n) is 15.8. The third kappa shape index (κ3) is 3.13. The minimum Gasteiger partial charge on any atom is -0.461 e. The van der Waals surface area contributed by atoms with E-state index in [1.165, 1.54) is 6.07 Å². The molecule has 1 aliphatic rings. The summed E-state index contributed by atoms with van der Waals surface area (Å²) in [6.07, 6.45) is 3.10. The molecule has 3 aromatic rings. The summed E-state index contributed by atoms with van der Waals surface area (Å²) >= 11 is 0. The standard InChI is InChI=1S/C22H22F2N2O2/c1-2-28-22(27)21-20(25-11-7-4-8-12-25)16-13-17(23)18(24)14-19(16)26(21)15-9-5-3-6-10-15/h3,5-6,9-10,13-14H,2,4,7-8,11-12H2,1H3. The molecule has 0 spiro atoms. The molecule has 6 heteroatoms. The SMILES string of the molecule is CCOC(=O)c1c(N2CCCCC2)c2cc(F)c(F)cc2n1-c1ccccc1. The van der Waals surface area contributed by atoms with Crippen molar-refractivity contribution in [1.29, 1.82) is 0 Å². The predicted molar refractivity (Wildman–Crippen MR) is 105 cm³/mol. The minimum absolute atomic E-state index is 0.220. The van der Waals surface area contributed by atoms with Crippen molar-refractivity contribution in [2.45, 2.75) is 26.2 Å². The van der Waals surface area contributed by atoms with Crippen LogP contribution in [-0.2, 0) is 4.74 Å². The first-order valence-electron chi connectivity index (χ1n) is 9.62. The Balaban J connectivity index is 2.08. The maximum absolute atomic E-state index is 14.2. The van der Waals surface area contributed by atoms with E-state index < -0.39 is 17.6 Å². The highest BCUT2D eigenvalue weighted by Crippen LogP contribution is 2.39. The molecule has 2 aromatic carbocycles. The van der Waals surface area contributed by atoms with E-state index in [4.69, 9.17) is 4.74 Å². The lowest BCUT2D eigenvalue weighted by Gasteiger charge is -2.29. The van der Waals surface area contributed by atoms with Crippen LogP contribution >= 0.6 is 0 Å². The van der Waals surface area contributed by atoms with Gasteiger partial charge in [0.1, 0.15) is 0 Å². The molecular weight excluding hydrogens is 362 g/mol. The van der Waals surface area contributed by atoms with Gasteiger partial charge in [0, 0.05) is 30.2 Å². The molecule has 0 N–H and O–H groups in total.